The Bertz CT molecular complexity index is 1150. The number of benzene rings is 2. The van der Waals surface area contributed by atoms with E-state index in [-0.39, 0.29) is 6.61 Å². The van der Waals surface area contributed by atoms with E-state index in [4.69, 9.17) is 14.2 Å². The van der Waals surface area contributed by atoms with Gasteiger partial charge in [0, 0.05) is 35.8 Å². The molecule has 0 aliphatic heterocycles. The molecule has 0 amide bonds. The van der Waals surface area contributed by atoms with E-state index < -0.39 is 0 Å². The summed E-state index contributed by atoms with van der Waals surface area (Å²) in [6.07, 6.45) is 5.36. The molecule has 0 aliphatic carbocycles. The topological polar surface area (TPSA) is 90.1 Å². The Labute approximate surface area is 173 Å². The van der Waals surface area contributed by atoms with Gasteiger partial charge in [0.05, 0.1) is 39.8 Å². The quantitative estimate of drug-likeness (QED) is 0.484. The van der Waals surface area contributed by atoms with Crippen molar-refractivity contribution < 1.29 is 19.3 Å². The third-order valence-corrected chi connectivity index (χ3v) is 4.79. The highest BCUT2D eigenvalue weighted by molar-refractivity contribution is 5.76. The van der Waals surface area contributed by atoms with Gasteiger partial charge in [-0.1, -0.05) is 24.3 Å². The first-order valence-corrected chi connectivity index (χ1v) is 9.27. The highest BCUT2D eigenvalue weighted by atomic mass is 16.5. The smallest absolute Gasteiger partial charge is 0.203 e. The number of fused-ring (bicyclic) bond motifs is 1. The van der Waals surface area contributed by atoms with Crippen LogP contribution in [0, 0.1) is 0 Å². The number of nitrogens with zero attached hydrogens (tertiary/aromatic N) is 3. The van der Waals surface area contributed by atoms with Gasteiger partial charge in [-0.2, -0.15) is 0 Å². The number of hydrogen-bond acceptors (Lipinski definition) is 7. The SMILES string of the molecule is COc1cc(Nc2nccn3c(-c4ccc(CO)cc4)cnc23)cc(OC)c1OC. The Morgan fingerprint density at radius 3 is 2.27 bits per heavy atom. The van der Waals surface area contributed by atoms with E-state index in [9.17, 15) is 5.11 Å². The lowest BCUT2D eigenvalue weighted by molar-refractivity contribution is 0.282. The average Bonchev–Trinajstić information content (AvgIpc) is 3.23. The molecule has 0 aliphatic rings. The van der Waals surface area contributed by atoms with Crippen LogP contribution >= 0.6 is 0 Å². The second-order valence-electron chi connectivity index (χ2n) is 6.51. The molecule has 8 heteroatoms. The van der Waals surface area contributed by atoms with Gasteiger partial charge in [-0.25, -0.2) is 9.97 Å². The largest absolute Gasteiger partial charge is 0.493 e. The second kappa shape index (κ2) is 8.30. The molecule has 0 radical (unpaired) electrons. The van der Waals surface area contributed by atoms with Crippen LogP contribution in [0.5, 0.6) is 17.2 Å². The van der Waals surface area contributed by atoms with E-state index in [0.29, 0.717) is 28.7 Å². The van der Waals surface area contributed by atoms with Crippen LogP contribution in [-0.4, -0.2) is 40.8 Å². The lowest BCUT2D eigenvalue weighted by Crippen LogP contribution is -2.01. The van der Waals surface area contributed by atoms with Crippen LogP contribution in [0.3, 0.4) is 0 Å². The van der Waals surface area contributed by atoms with Crippen molar-refractivity contribution in [2.75, 3.05) is 26.6 Å². The molecule has 2 heterocycles. The molecule has 0 fully saturated rings. The number of anilines is 2. The number of ether oxygens (including phenoxy) is 3. The average molecular weight is 406 g/mol. The summed E-state index contributed by atoms with van der Waals surface area (Å²) < 4.78 is 18.2. The zero-order chi connectivity index (χ0) is 21.1. The number of nitrogens with one attached hydrogen (secondary N) is 1. The summed E-state index contributed by atoms with van der Waals surface area (Å²) in [6.45, 7) is 0.0141. The zero-order valence-corrected chi connectivity index (χ0v) is 16.9. The molecule has 30 heavy (non-hydrogen) atoms. The predicted octanol–water partition coefficient (Wildman–Crippen LogP) is 3.66. The van der Waals surface area contributed by atoms with Gasteiger partial charge in [-0.05, 0) is 5.56 Å². The molecule has 154 valence electrons. The summed E-state index contributed by atoms with van der Waals surface area (Å²) in [4.78, 5) is 9.00. The van der Waals surface area contributed by atoms with Crippen molar-refractivity contribution in [3.63, 3.8) is 0 Å². The number of rotatable bonds is 7. The first-order valence-electron chi connectivity index (χ1n) is 9.27. The molecule has 0 unspecified atom stereocenters. The maximum absolute atomic E-state index is 9.26. The number of aromatic nitrogens is 3. The minimum Gasteiger partial charge on any atom is -0.493 e. The Kier molecular flexibility index (Phi) is 5.40. The maximum Gasteiger partial charge on any atom is 0.203 e. The monoisotopic (exact) mass is 406 g/mol. The third kappa shape index (κ3) is 3.48. The van der Waals surface area contributed by atoms with Gasteiger partial charge in [0.15, 0.2) is 23.0 Å². The molecule has 2 N–H and O–H groups in total. The summed E-state index contributed by atoms with van der Waals surface area (Å²) in [5.74, 6) is 2.19. The highest BCUT2D eigenvalue weighted by Gasteiger charge is 2.15. The van der Waals surface area contributed by atoms with Crippen LogP contribution in [0.25, 0.3) is 16.9 Å². The van der Waals surface area contributed by atoms with Crippen LogP contribution in [0.15, 0.2) is 55.0 Å². The second-order valence-corrected chi connectivity index (χ2v) is 6.51. The van der Waals surface area contributed by atoms with Crippen molar-refractivity contribution in [2.24, 2.45) is 0 Å². The number of imidazole rings is 1. The van der Waals surface area contributed by atoms with Gasteiger partial charge in [-0.15, -0.1) is 0 Å². The lowest BCUT2D eigenvalue weighted by Gasteiger charge is -2.15. The minimum atomic E-state index is 0.0141. The van der Waals surface area contributed by atoms with E-state index in [0.717, 1.165) is 22.5 Å². The number of hydrogen-bond donors (Lipinski definition) is 2. The Morgan fingerprint density at radius 1 is 0.967 bits per heavy atom. The summed E-state index contributed by atoms with van der Waals surface area (Å²) in [7, 11) is 4.71. The van der Waals surface area contributed by atoms with E-state index in [1.54, 1.807) is 33.7 Å². The standard InChI is InChI=1S/C22H22N4O4/c1-28-18-10-16(11-19(29-2)20(18)30-3)25-21-22-24-12-17(26(22)9-8-23-21)15-6-4-14(13-27)5-7-15/h4-12,27H,13H2,1-3H3,(H,23,25). The molecule has 2 aromatic heterocycles. The minimum absolute atomic E-state index is 0.0141. The van der Waals surface area contributed by atoms with E-state index >= 15 is 0 Å². The molecule has 0 atom stereocenters. The first kappa shape index (κ1) is 19.5. The summed E-state index contributed by atoms with van der Waals surface area (Å²) in [6, 6.07) is 11.3. The van der Waals surface area contributed by atoms with E-state index in [2.05, 4.69) is 15.3 Å². The molecule has 0 spiro atoms. The molecule has 0 bridgehead atoms. The van der Waals surface area contributed by atoms with Crippen LogP contribution < -0.4 is 19.5 Å². The van der Waals surface area contributed by atoms with E-state index in [1.807, 2.05) is 47.0 Å². The van der Waals surface area contributed by atoms with Crippen LogP contribution in [-0.2, 0) is 6.61 Å². The molecular formula is C22H22N4O4. The van der Waals surface area contributed by atoms with Crippen molar-refractivity contribution in [1.29, 1.82) is 0 Å². The van der Waals surface area contributed by atoms with E-state index in [1.165, 1.54) is 0 Å². The summed E-state index contributed by atoms with van der Waals surface area (Å²) in [5, 5.41) is 12.5. The molecule has 4 aromatic rings. The number of methoxy groups -OCH3 is 3. The fraction of sp³-hybridized carbons (Fsp3) is 0.182. The first-order chi connectivity index (χ1) is 14.7. The number of aliphatic hydroxyl groups is 1. The van der Waals surface area contributed by atoms with Crippen molar-refractivity contribution in [1.82, 2.24) is 14.4 Å². The van der Waals surface area contributed by atoms with Crippen LogP contribution in [0.1, 0.15) is 5.56 Å². The van der Waals surface area contributed by atoms with Crippen molar-refractivity contribution >= 4 is 17.2 Å². The number of aliphatic hydroxyl groups excluding tert-OH is 1. The van der Waals surface area contributed by atoms with Gasteiger partial charge in [0.1, 0.15) is 0 Å². The maximum atomic E-state index is 9.26. The van der Waals surface area contributed by atoms with Crippen molar-refractivity contribution in [2.45, 2.75) is 6.61 Å². The summed E-state index contributed by atoms with van der Waals surface area (Å²) >= 11 is 0. The Hall–Kier alpha value is -3.78. The van der Waals surface area contributed by atoms with Gasteiger partial charge >= 0.3 is 0 Å². The van der Waals surface area contributed by atoms with Crippen molar-refractivity contribution in [3.8, 4) is 28.5 Å². The predicted molar refractivity (Wildman–Crippen MR) is 114 cm³/mol. The van der Waals surface area contributed by atoms with Gasteiger partial charge in [0.25, 0.3) is 0 Å². The zero-order valence-electron chi connectivity index (χ0n) is 16.9. The van der Waals surface area contributed by atoms with Crippen LogP contribution in [0.2, 0.25) is 0 Å². The molecule has 0 saturated heterocycles. The normalized spacial score (nSPS) is 10.8. The highest BCUT2D eigenvalue weighted by Crippen LogP contribution is 2.40. The van der Waals surface area contributed by atoms with Crippen LogP contribution in [0.4, 0.5) is 11.5 Å². The van der Waals surface area contributed by atoms with Gasteiger partial charge < -0.3 is 24.6 Å². The fourth-order valence-corrected chi connectivity index (χ4v) is 3.29. The molecule has 4 rings (SSSR count). The summed E-state index contributed by atoms with van der Waals surface area (Å²) in [5.41, 5.74) is 4.17. The third-order valence-electron chi connectivity index (χ3n) is 4.79. The Morgan fingerprint density at radius 2 is 1.67 bits per heavy atom. The van der Waals surface area contributed by atoms with Gasteiger partial charge in [0.2, 0.25) is 5.75 Å². The molecular weight excluding hydrogens is 384 g/mol. The van der Waals surface area contributed by atoms with Gasteiger partial charge in [-0.3, -0.25) is 4.40 Å². The lowest BCUT2D eigenvalue weighted by atomic mass is 10.1. The molecule has 2 aromatic carbocycles. The molecule has 0 saturated carbocycles. The Balaban J connectivity index is 1.73. The molecule has 8 nitrogen and oxygen atoms in total. The van der Waals surface area contributed by atoms with Crippen molar-refractivity contribution in [3.05, 3.63) is 60.6 Å². The fourth-order valence-electron chi connectivity index (χ4n) is 3.29.